The number of piperazine rings is 1. The molecule has 0 aliphatic carbocycles. The first-order chi connectivity index (χ1) is 8.93. The van der Waals surface area contributed by atoms with Crippen molar-refractivity contribution in [3.63, 3.8) is 0 Å². The van der Waals surface area contributed by atoms with Crippen LogP contribution in [0.1, 0.15) is 33.1 Å². The molecular weight excluding hydrogens is 242 g/mol. The number of hydrogen-bond acceptors (Lipinski definition) is 3. The van der Waals surface area contributed by atoms with Crippen molar-refractivity contribution in [2.24, 2.45) is 5.92 Å². The predicted octanol–water partition coefficient (Wildman–Crippen LogP) is 0.455. The highest BCUT2D eigenvalue weighted by molar-refractivity contribution is 5.91. The fraction of sp³-hybridized carbons (Fsp3) is 0.857. The molecule has 5 nitrogen and oxygen atoms in total. The lowest BCUT2D eigenvalue weighted by molar-refractivity contribution is -0.157. The third kappa shape index (κ3) is 2.91. The van der Waals surface area contributed by atoms with E-state index in [4.69, 9.17) is 0 Å². The summed E-state index contributed by atoms with van der Waals surface area (Å²) in [5.41, 5.74) is -0.696. The van der Waals surface area contributed by atoms with Crippen molar-refractivity contribution in [1.29, 1.82) is 0 Å². The van der Waals surface area contributed by atoms with Gasteiger partial charge in [-0.05, 0) is 45.7 Å². The minimum Gasteiger partial charge on any atom is -0.342 e. The van der Waals surface area contributed by atoms with Gasteiger partial charge in [0.1, 0.15) is 5.54 Å². The zero-order valence-electron chi connectivity index (χ0n) is 12.2. The topological polar surface area (TPSA) is 52.6 Å². The summed E-state index contributed by atoms with van der Waals surface area (Å²) in [5.74, 6) is 0.781. The molecule has 1 unspecified atom stereocenters. The first-order valence-electron chi connectivity index (χ1n) is 7.19. The largest absolute Gasteiger partial charge is 0.342 e. The van der Waals surface area contributed by atoms with Gasteiger partial charge in [0.25, 0.3) is 0 Å². The van der Waals surface area contributed by atoms with Crippen molar-refractivity contribution in [3.8, 4) is 0 Å². The third-order valence-corrected chi connectivity index (χ3v) is 4.43. The fourth-order valence-electron chi connectivity index (χ4n) is 3.07. The summed E-state index contributed by atoms with van der Waals surface area (Å²) in [6.07, 6.45) is 2.66. The van der Waals surface area contributed by atoms with E-state index in [1.165, 1.54) is 6.42 Å². The van der Waals surface area contributed by atoms with Crippen molar-refractivity contribution in [2.75, 3.05) is 33.2 Å². The predicted molar refractivity (Wildman–Crippen MR) is 73.6 cm³/mol. The van der Waals surface area contributed by atoms with Crippen LogP contribution in [0.15, 0.2) is 0 Å². The van der Waals surface area contributed by atoms with Crippen molar-refractivity contribution in [1.82, 2.24) is 15.1 Å². The number of carbonyl (C=O) groups is 2. The molecule has 0 saturated carbocycles. The van der Waals surface area contributed by atoms with E-state index in [2.05, 4.69) is 5.32 Å². The van der Waals surface area contributed by atoms with E-state index in [9.17, 15) is 9.59 Å². The summed E-state index contributed by atoms with van der Waals surface area (Å²) in [4.78, 5) is 28.0. The van der Waals surface area contributed by atoms with Crippen LogP contribution in [0.2, 0.25) is 0 Å². The normalized spacial score (nSPS) is 26.9. The van der Waals surface area contributed by atoms with Crippen molar-refractivity contribution in [2.45, 2.75) is 38.6 Å². The number of likely N-dealkylation sites (N-methyl/N-ethyl adjacent to an activating group) is 1. The molecule has 2 fully saturated rings. The number of rotatable bonds is 3. The summed E-state index contributed by atoms with van der Waals surface area (Å²) in [7, 11) is 1.80. The smallest absolute Gasteiger partial charge is 0.247 e. The van der Waals surface area contributed by atoms with Crippen LogP contribution in [0.3, 0.4) is 0 Å². The van der Waals surface area contributed by atoms with Crippen molar-refractivity contribution < 1.29 is 9.59 Å². The second-order valence-corrected chi connectivity index (χ2v) is 6.23. The first-order valence-corrected chi connectivity index (χ1v) is 7.19. The highest BCUT2D eigenvalue weighted by Crippen LogP contribution is 2.24. The Bertz CT molecular complexity index is 362. The van der Waals surface area contributed by atoms with Crippen LogP contribution in [-0.2, 0) is 9.59 Å². The number of hydrogen-bond donors (Lipinski definition) is 1. The Balaban J connectivity index is 1.92. The van der Waals surface area contributed by atoms with Crippen molar-refractivity contribution >= 4 is 11.8 Å². The lowest BCUT2D eigenvalue weighted by atomic mass is 9.95. The quantitative estimate of drug-likeness (QED) is 0.808. The molecule has 0 aromatic rings. The molecule has 1 atom stereocenters. The molecule has 2 saturated heterocycles. The van der Waals surface area contributed by atoms with Gasteiger partial charge in [-0.25, -0.2) is 0 Å². The van der Waals surface area contributed by atoms with Crippen LogP contribution < -0.4 is 5.32 Å². The second kappa shape index (κ2) is 5.49. The van der Waals surface area contributed by atoms with Crippen LogP contribution in [-0.4, -0.2) is 60.4 Å². The first kappa shape index (κ1) is 14.3. The molecule has 0 aromatic heterocycles. The summed E-state index contributed by atoms with van der Waals surface area (Å²) in [5, 5.41) is 3.32. The lowest BCUT2D eigenvalue weighted by Crippen LogP contribution is -2.63. The molecule has 0 aromatic carbocycles. The Morgan fingerprint density at radius 3 is 2.79 bits per heavy atom. The molecule has 1 N–H and O–H groups in total. The van der Waals surface area contributed by atoms with Gasteiger partial charge in [0.2, 0.25) is 11.8 Å². The van der Waals surface area contributed by atoms with E-state index in [1.807, 2.05) is 13.8 Å². The lowest BCUT2D eigenvalue weighted by Gasteiger charge is -2.44. The molecule has 108 valence electrons. The minimum atomic E-state index is -0.696. The van der Waals surface area contributed by atoms with Gasteiger partial charge in [0.15, 0.2) is 0 Å². The van der Waals surface area contributed by atoms with Gasteiger partial charge in [0.05, 0.1) is 0 Å². The van der Waals surface area contributed by atoms with Crippen LogP contribution in [0, 0.1) is 5.92 Å². The van der Waals surface area contributed by atoms with Crippen LogP contribution in [0.5, 0.6) is 0 Å². The Morgan fingerprint density at radius 1 is 1.42 bits per heavy atom. The maximum absolute atomic E-state index is 12.4. The van der Waals surface area contributed by atoms with Gasteiger partial charge in [-0.15, -0.1) is 0 Å². The van der Waals surface area contributed by atoms with E-state index in [0.717, 1.165) is 19.5 Å². The molecule has 19 heavy (non-hydrogen) atoms. The zero-order chi connectivity index (χ0) is 14.0. The van der Waals surface area contributed by atoms with Gasteiger partial charge in [-0.1, -0.05) is 0 Å². The Kier molecular flexibility index (Phi) is 4.13. The summed E-state index contributed by atoms with van der Waals surface area (Å²) >= 11 is 0. The maximum atomic E-state index is 12.4. The van der Waals surface area contributed by atoms with Gasteiger partial charge < -0.3 is 15.1 Å². The van der Waals surface area contributed by atoms with Gasteiger partial charge in [-0.3, -0.25) is 9.59 Å². The number of nitrogens with zero attached hydrogens (tertiary/aromatic N) is 2. The fourth-order valence-corrected chi connectivity index (χ4v) is 3.07. The standard InChI is InChI=1S/C14H25N3O2/c1-14(2)13(19)16(3)8-9-17(14)12(18)5-4-11-6-7-15-10-11/h11,15H,4-10H2,1-3H3. The molecule has 2 aliphatic heterocycles. The highest BCUT2D eigenvalue weighted by atomic mass is 16.2. The Morgan fingerprint density at radius 2 is 2.16 bits per heavy atom. The molecule has 2 amide bonds. The summed E-state index contributed by atoms with van der Waals surface area (Å²) in [6, 6.07) is 0. The molecule has 0 radical (unpaired) electrons. The van der Waals surface area contributed by atoms with E-state index < -0.39 is 5.54 Å². The van der Waals surface area contributed by atoms with Crippen LogP contribution in [0.4, 0.5) is 0 Å². The monoisotopic (exact) mass is 267 g/mol. The SMILES string of the molecule is CN1CCN(C(=O)CCC2CCNC2)C(C)(C)C1=O. The summed E-state index contributed by atoms with van der Waals surface area (Å²) in [6.45, 7) is 7.08. The van der Waals surface area contributed by atoms with Gasteiger partial charge in [0, 0.05) is 26.6 Å². The number of amides is 2. The molecule has 0 bridgehead atoms. The van der Waals surface area contributed by atoms with E-state index in [0.29, 0.717) is 25.4 Å². The van der Waals surface area contributed by atoms with Crippen LogP contribution >= 0.6 is 0 Å². The summed E-state index contributed by atoms with van der Waals surface area (Å²) < 4.78 is 0. The molecular formula is C14H25N3O2. The highest BCUT2D eigenvalue weighted by Gasteiger charge is 2.42. The zero-order valence-corrected chi connectivity index (χ0v) is 12.2. The van der Waals surface area contributed by atoms with E-state index in [-0.39, 0.29) is 11.8 Å². The van der Waals surface area contributed by atoms with E-state index in [1.54, 1.807) is 16.8 Å². The minimum absolute atomic E-state index is 0.0367. The molecule has 2 aliphatic rings. The average Bonchev–Trinajstić information content (AvgIpc) is 2.86. The number of nitrogens with one attached hydrogen (secondary N) is 1. The Labute approximate surface area is 115 Å². The molecule has 2 heterocycles. The third-order valence-electron chi connectivity index (χ3n) is 4.43. The van der Waals surface area contributed by atoms with Gasteiger partial charge in [-0.2, -0.15) is 0 Å². The number of carbonyl (C=O) groups excluding carboxylic acids is 2. The second-order valence-electron chi connectivity index (χ2n) is 6.23. The van der Waals surface area contributed by atoms with Crippen molar-refractivity contribution in [3.05, 3.63) is 0 Å². The molecule has 2 rings (SSSR count). The Hall–Kier alpha value is -1.10. The molecule has 0 spiro atoms. The van der Waals surface area contributed by atoms with E-state index >= 15 is 0 Å². The molecule has 5 heteroatoms. The van der Waals surface area contributed by atoms with Gasteiger partial charge >= 0.3 is 0 Å². The van der Waals surface area contributed by atoms with Crippen LogP contribution in [0.25, 0.3) is 0 Å². The average molecular weight is 267 g/mol. The maximum Gasteiger partial charge on any atom is 0.247 e.